The summed E-state index contributed by atoms with van der Waals surface area (Å²) in [5.41, 5.74) is 1.87. The Morgan fingerprint density at radius 3 is 2.64 bits per heavy atom. The Labute approximate surface area is 140 Å². The molecule has 0 N–H and O–H groups in total. The number of carbonyl (C=O) groups is 2. The van der Waals surface area contributed by atoms with Gasteiger partial charge in [0.15, 0.2) is 0 Å². The number of unbranched alkanes of at least 4 members (excludes halogenated alkanes) is 1. The van der Waals surface area contributed by atoms with Crippen molar-refractivity contribution in [3.63, 3.8) is 0 Å². The van der Waals surface area contributed by atoms with Crippen LogP contribution in [0.25, 0.3) is 0 Å². The van der Waals surface area contributed by atoms with E-state index in [9.17, 15) is 9.59 Å². The van der Waals surface area contributed by atoms with Crippen molar-refractivity contribution in [2.45, 2.75) is 45.1 Å². The molecule has 0 aromatic heterocycles. The first kappa shape index (κ1) is 17.0. The Kier molecular flexibility index (Phi) is 6.90. The van der Waals surface area contributed by atoms with E-state index < -0.39 is 0 Å². The normalized spacial score (nSPS) is 15.0. The molecule has 2 rings (SSSR count). The van der Waals surface area contributed by atoms with Gasteiger partial charge in [0.2, 0.25) is 5.91 Å². The van der Waals surface area contributed by atoms with Gasteiger partial charge in [-0.2, -0.15) is 0 Å². The van der Waals surface area contributed by atoms with Gasteiger partial charge < -0.3 is 9.64 Å². The summed E-state index contributed by atoms with van der Waals surface area (Å²) >= 11 is 3.34. The number of ether oxygens (including phenoxy) is 1. The van der Waals surface area contributed by atoms with Crippen LogP contribution in [0.3, 0.4) is 0 Å². The van der Waals surface area contributed by atoms with Crippen molar-refractivity contribution < 1.29 is 14.3 Å². The molecule has 0 radical (unpaired) electrons. The van der Waals surface area contributed by atoms with Gasteiger partial charge in [-0.15, -0.1) is 0 Å². The predicted octanol–water partition coefficient (Wildman–Crippen LogP) is 3.81. The minimum atomic E-state index is -0.156. The van der Waals surface area contributed by atoms with E-state index >= 15 is 0 Å². The summed E-state index contributed by atoms with van der Waals surface area (Å²) < 4.78 is 5.25. The Bertz CT molecular complexity index is 501. The number of carbonyl (C=O) groups excluding carboxylic acids is 2. The maximum absolute atomic E-state index is 11.9. The summed E-state index contributed by atoms with van der Waals surface area (Å²) in [6.07, 6.45) is 4.96. The average molecular weight is 368 g/mol. The monoisotopic (exact) mass is 367 g/mol. The molecular weight excluding hydrogens is 346 g/mol. The minimum absolute atomic E-state index is 0.156. The molecule has 0 saturated carbocycles. The van der Waals surface area contributed by atoms with Gasteiger partial charge in [-0.3, -0.25) is 9.59 Å². The van der Waals surface area contributed by atoms with Gasteiger partial charge in [0, 0.05) is 30.4 Å². The van der Waals surface area contributed by atoms with Crippen LogP contribution >= 0.6 is 15.9 Å². The molecule has 1 aliphatic heterocycles. The molecule has 0 aliphatic carbocycles. The Balaban J connectivity index is 1.81. The minimum Gasteiger partial charge on any atom is -0.461 e. The highest BCUT2D eigenvalue weighted by molar-refractivity contribution is 9.09. The Morgan fingerprint density at radius 1 is 1.18 bits per heavy atom. The number of alkyl halides is 1. The van der Waals surface area contributed by atoms with Crippen LogP contribution in [0.4, 0.5) is 5.69 Å². The van der Waals surface area contributed by atoms with E-state index in [1.807, 2.05) is 29.2 Å². The zero-order chi connectivity index (χ0) is 15.8. The number of piperidine rings is 1. The number of hydrogen-bond donors (Lipinski definition) is 0. The largest absolute Gasteiger partial charge is 0.461 e. The van der Waals surface area contributed by atoms with Crippen molar-refractivity contribution in [3.8, 4) is 0 Å². The van der Waals surface area contributed by atoms with E-state index in [1.165, 1.54) is 0 Å². The van der Waals surface area contributed by atoms with Crippen LogP contribution in [-0.4, -0.2) is 23.8 Å². The molecule has 1 amide bonds. The van der Waals surface area contributed by atoms with Crippen molar-refractivity contribution in [3.05, 3.63) is 29.8 Å². The second-order valence-electron chi connectivity index (χ2n) is 5.48. The van der Waals surface area contributed by atoms with Gasteiger partial charge in [0.05, 0.1) is 0 Å². The molecule has 1 heterocycles. The first-order valence-corrected chi connectivity index (χ1v) is 8.94. The first-order valence-electron chi connectivity index (χ1n) is 7.81. The highest BCUT2D eigenvalue weighted by Crippen LogP contribution is 2.21. The predicted molar refractivity (Wildman–Crippen MR) is 90.1 cm³/mol. The second kappa shape index (κ2) is 8.93. The molecular formula is C17H22BrNO3. The van der Waals surface area contributed by atoms with E-state index in [4.69, 9.17) is 4.74 Å². The fraction of sp³-hybridized carbons (Fsp3) is 0.529. The number of halogens is 1. The van der Waals surface area contributed by atoms with E-state index in [-0.39, 0.29) is 11.9 Å². The zero-order valence-corrected chi connectivity index (χ0v) is 14.3. The maximum atomic E-state index is 11.9. The molecule has 0 unspecified atom stereocenters. The fourth-order valence-corrected chi connectivity index (χ4v) is 2.85. The lowest BCUT2D eigenvalue weighted by atomic mass is 10.1. The third kappa shape index (κ3) is 5.13. The van der Waals surface area contributed by atoms with E-state index in [0.29, 0.717) is 19.4 Å². The first-order chi connectivity index (χ1) is 10.7. The van der Waals surface area contributed by atoms with Crippen molar-refractivity contribution in [1.82, 2.24) is 0 Å². The van der Waals surface area contributed by atoms with Gasteiger partial charge in [0.25, 0.3) is 0 Å². The topological polar surface area (TPSA) is 46.6 Å². The number of benzene rings is 1. The molecule has 0 bridgehead atoms. The highest BCUT2D eigenvalue weighted by atomic mass is 79.9. The molecule has 1 aromatic rings. The van der Waals surface area contributed by atoms with Gasteiger partial charge in [-0.05, 0) is 43.4 Å². The molecule has 0 atom stereocenters. The SMILES string of the molecule is O=C(CCCCBr)OCc1ccc(N2CCCCC2=O)cc1. The van der Waals surface area contributed by atoms with E-state index in [2.05, 4.69) is 15.9 Å². The van der Waals surface area contributed by atoms with E-state index in [1.54, 1.807) is 0 Å². The number of esters is 1. The number of amides is 1. The number of rotatable bonds is 7. The third-order valence-corrected chi connectivity index (χ3v) is 4.30. The van der Waals surface area contributed by atoms with Crippen LogP contribution in [0.5, 0.6) is 0 Å². The lowest BCUT2D eigenvalue weighted by molar-refractivity contribution is -0.145. The molecule has 1 aliphatic rings. The number of hydrogen-bond acceptors (Lipinski definition) is 3. The van der Waals surface area contributed by atoms with Gasteiger partial charge in [-0.1, -0.05) is 28.1 Å². The molecule has 120 valence electrons. The summed E-state index contributed by atoms with van der Waals surface area (Å²) in [4.78, 5) is 25.3. The van der Waals surface area contributed by atoms with Crippen LogP contribution in [-0.2, 0) is 20.9 Å². The number of anilines is 1. The van der Waals surface area contributed by atoms with Crippen LogP contribution < -0.4 is 4.90 Å². The average Bonchev–Trinajstić information content (AvgIpc) is 2.54. The molecule has 1 fully saturated rings. The summed E-state index contributed by atoms with van der Waals surface area (Å²) in [5, 5.41) is 0.914. The van der Waals surface area contributed by atoms with E-state index in [0.717, 1.165) is 48.8 Å². The van der Waals surface area contributed by atoms with Gasteiger partial charge in [0.1, 0.15) is 6.61 Å². The fourth-order valence-electron chi connectivity index (χ4n) is 2.45. The van der Waals surface area contributed by atoms with Gasteiger partial charge in [-0.25, -0.2) is 0 Å². The Morgan fingerprint density at radius 2 is 1.95 bits per heavy atom. The summed E-state index contributed by atoms with van der Waals surface area (Å²) in [5.74, 6) is 0.0356. The molecule has 1 aromatic carbocycles. The van der Waals surface area contributed by atoms with Crippen LogP contribution in [0.15, 0.2) is 24.3 Å². The summed E-state index contributed by atoms with van der Waals surface area (Å²) in [6.45, 7) is 1.09. The number of nitrogens with zero attached hydrogens (tertiary/aromatic N) is 1. The molecule has 0 spiro atoms. The molecule has 1 saturated heterocycles. The summed E-state index contributed by atoms with van der Waals surface area (Å²) in [7, 11) is 0. The molecule has 4 nitrogen and oxygen atoms in total. The van der Waals surface area contributed by atoms with Crippen LogP contribution in [0, 0.1) is 0 Å². The Hall–Kier alpha value is -1.36. The molecule has 5 heteroatoms. The van der Waals surface area contributed by atoms with Crippen molar-refractivity contribution in [2.75, 3.05) is 16.8 Å². The summed E-state index contributed by atoms with van der Waals surface area (Å²) in [6, 6.07) is 7.69. The van der Waals surface area contributed by atoms with Gasteiger partial charge >= 0.3 is 5.97 Å². The van der Waals surface area contributed by atoms with Crippen molar-refractivity contribution >= 4 is 33.5 Å². The van der Waals surface area contributed by atoms with Crippen molar-refractivity contribution in [2.24, 2.45) is 0 Å². The zero-order valence-electron chi connectivity index (χ0n) is 12.7. The lowest BCUT2D eigenvalue weighted by Gasteiger charge is -2.26. The lowest BCUT2D eigenvalue weighted by Crippen LogP contribution is -2.35. The van der Waals surface area contributed by atoms with Crippen LogP contribution in [0.2, 0.25) is 0 Å². The maximum Gasteiger partial charge on any atom is 0.306 e. The van der Waals surface area contributed by atoms with Crippen molar-refractivity contribution in [1.29, 1.82) is 0 Å². The van der Waals surface area contributed by atoms with Crippen LogP contribution in [0.1, 0.15) is 44.1 Å². The highest BCUT2D eigenvalue weighted by Gasteiger charge is 2.19. The second-order valence-corrected chi connectivity index (χ2v) is 6.27. The molecule has 22 heavy (non-hydrogen) atoms. The smallest absolute Gasteiger partial charge is 0.306 e. The quantitative estimate of drug-likeness (QED) is 0.418. The third-order valence-electron chi connectivity index (χ3n) is 3.74. The standard InChI is InChI=1S/C17H22BrNO3/c18-11-3-1-6-17(21)22-13-14-7-9-15(10-8-14)19-12-4-2-5-16(19)20/h7-10H,1-6,11-13H2.